The van der Waals surface area contributed by atoms with Crippen LogP contribution in [0.3, 0.4) is 0 Å². The molecular weight excluding hydrogens is 362 g/mol. The van der Waals surface area contributed by atoms with Gasteiger partial charge in [0.25, 0.3) is 5.91 Å². The highest BCUT2D eigenvalue weighted by atomic mass is 35.5. The summed E-state index contributed by atoms with van der Waals surface area (Å²) in [6, 6.07) is 7.07. The van der Waals surface area contributed by atoms with E-state index in [1.165, 1.54) is 0 Å². The average Bonchev–Trinajstić information content (AvgIpc) is 2.94. The lowest BCUT2D eigenvalue weighted by Crippen LogP contribution is -2.39. The minimum absolute atomic E-state index is 0.00475. The number of halogens is 1. The fraction of sp³-hybridized carbons (Fsp3) is 0.619. The number of benzene rings is 1. The molecule has 0 aliphatic carbocycles. The summed E-state index contributed by atoms with van der Waals surface area (Å²) >= 11 is 6.01. The van der Waals surface area contributed by atoms with Crippen LogP contribution in [-0.4, -0.2) is 60.9 Å². The first kappa shape index (κ1) is 20.2. The predicted octanol–water partition coefficient (Wildman–Crippen LogP) is 3.04. The highest BCUT2D eigenvalue weighted by Gasteiger charge is 2.26. The van der Waals surface area contributed by atoms with Gasteiger partial charge in [0.2, 0.25) is 5.91 Å². The molecule has 1 aromatic rings. The molecular formula is C21H30ClN3O2. The number of rotatable bonds is 4. The van der Waals surface area contributed by atoms with Gasteiger partial charge in [0.15, 0.2) is 0 Å². The second kappa shape index (κ2) is 9.56. The molecule has 1 atom stereocenters. The summed E-state index contributed by atoms with van der Waals surface area (Å²) in [5.41, 5.74) is 0.613. The summed E-state index contributed by atoms with van der Waals surface area (Å²) in [6.45, 7) is 6.95. The van der Waals surface area contributed by atoms with Gasteiger partial charge in [-0.3, -0.25) is 9.59 Å². The molecule has 1 unspecified atom stereocenters. The number of carbonyl (C=O) groups excluding carboxylic acids is 2. The van der Waals surface area contributed by atoms with Gasteiger partial charge < -0.3 is 15.1 Å². The Labute approximate surface area is 167 Å². The Morgan fingerprint density at radius 1 is 1.15 bits per heavy atom. The number of nitrogens with zero attached hydrogens (tertiary/aromatic N) is 2. The van der Waals surface area contributed by atoms with Crippen molar-refractivity contribution in [2.24, 2.45) is 11.8 Å². The van der Waals surface area contributed by atoms with E-state index in [2.05, 4.69) is 12.2 Å². The van der Waals surface area contributed by atoms with E-state index in [4.69, 9.17) is 11.6 Å². The summed E-state index contributed by atoms with van der Waals surface area (Å²) in [5.74, 6) is 1.29. The summed E-state index contributed by atoms with van der Waals surface area (Å²) in [6.07, 6.45) is 3.76. The minimum atomic E-state index is -0.00475. The van der Waals surface area contributed by atoms with Crippen LogP contribution in [0.2, 0.25) is 5.02 Å². The fourth-order valence-electron chi connectivity index (χ4n) is 4.16. The highest BCUT2D eigenvalue weighted by Crippen LogP contribution is 2.25. The van der Waals surface area contributed by atoms with E-state index in [-0.39, 0.29) is 11.8 Å². The molecule has 0 spiro atoms. The van der Waals surface area contributed by atoms with Crippen LogP contribution in [0.1, 0.15) is 43.0 Å². The smallest absolute Gasteiger partial charge is 0.253 e. The maximum absolute atomic E-state index is 12.8. The molecule has 6 heteroatoms. The fourth-order valence-corrected chi connectivity index (χ4v) is 4.35. The van der Waals surface area contributed by atoms with Gasteiger partial charge in [-0.25, -0.2) is 0 Å². The molecule has 0 radical (unpaired) electrons. The lowest BCUT2D eigenvalue weighted by atomic mass is 9.84. The molecule has 3 rings (SSSR count). The highest BCUT2D eigenvalue weighted by molar-refractivity contribution is 6.30. The largest absolute Gasteiger partial charge is 0.341 e. The van der Waals surface area contributed by atoms with Crippen molar-refractivity contribution >= 4 is 23.4 Å². The Hall–Kier alpha value is -1.59. The molecule has 0 bridgehead atoms. The Morgan fingerprint density at radius 3 is 2.59 bits per heavy atom. The molecule has 148 valence electrons. The first-order valence-corrected chi connectivity index (χ1v) is 10.5. The second-order valence-corrected chi connectivity index (χ2v) is 8.24. The van der Waals surface area contributed by atoms with Crippen molar-refractivity contribution in [3.8, 4) is 0 Å². The van der Waals surface area contributed by atoms with Crippen molar-refractivity contribution in [3.05, 3.63) is 34.9 Å². The van der Waals surface area contributed by atoms with Crippen molar-refractivity contribution in [2.75, 3.05) is 39.3 Å². The minimum Gasteiger partial charge on any atom is -0.341 e. The van der Waals surface area contributed by atoms with Gasteiger partial charge in [-0.1, -0.05) is 24.6 Å². The SMILES string of the molecule is CC(CC(=O)N1CCCN(C(=O)c2cccc(Cl)c2)CC1)C1CCNCC1. The van der Waals surface area contributed by atoms with E-state index in [0.29, 0.717) is 48.5 Å². The Bertz CT molecular complexity index is 661. The molecule has 2 heterocycles. The number of hydrogen-bond acceptors (Lipinski definition) is 3. The topological polar surface area (TPSA) is 52.7 Å². The van der Waals surface area contributed by atoms with Crippen LogP contribution >= 0.6 is 11.6 Å². The van der Waals surface area contributed by atoms with Crippen molar-refractivity contribution in [2.45, 2.75) is 32.6 Å². The van der Waals surface area contributed by atoms with Crippen LogP contribution in [0.5, 0.6) is 0 Å². The molecule has 2 saturated heterocycles. The van der Waals surface area contributed by atoms with Crippen molar-refractivity contribution in [3.63, 3.8) is 0 Å². The standard InChI is InChI=1S/C21H30ClN3O2/c1-16(17-6-8-23-9-7-17)14-20(26)24-10-3-11-25(13-12-24)21(27)18-4-2-5-19(22)15-18/h2,4-5,15-17,23H,3,6-14H2,1H3. The van der Waals surface area contributed by atoms with E-state index >= 15 is 0 Å². The van der Waals surface area contributed by atoms with Gasteiger partial charge >= 0.3 is 0 Å². The van der Waals surface area contributed by atoms with E-state index in [1.54, 1.807) is 24.3 Å². The molecule has 2 fully saturated rings. The van der Waals surface area contributed by atoms with Crippen molar-refractivity contribution in [1.29, 1.82) is 0 Å². The second-order valence-electron chi connectivity index (χ2n) is 7.81. The van der Waals surface area contributed by atoms with E-state index in [1.807, 2.05) is 9.80 Å². The quantitative estimate of drug-likeness (QED) is 0.858. The summed E-state index contributed by atoms with van der Waals surface area (Å²) in [5, 5.41) is 3.95. The van der Waals surface area contributed by atoms with Gasteiger partial charge in [0.05, 0.1) is 0 Å². The first-order chi connectivity index (χ1) is 13.0. The molecule has 0 saturated carbocycles. The van der Waals surface area contributed by atoms with E-state index in [9.17, 15) is 9.59 Å². The van der Waals surface area contributed by atoms with Crippen molar-refractivity contribution < 1.29 is 9.59 Å². The van der Waals surface area contributed by atoms with E-state index in [0.717, 1.165) is 38.9 Å². The lowest BCUT2D eigenvalue weighted by molar-refractivity contribution is -0.132. The van der Waals surface area contributed by atoms with Gasteiger partial charge in [-0.05, 0) is 62.4 Å². The van der Waals surface area contributed by atoms with Gasteiger partial charge in [-0.2, -0.15) is 0 Å². The molecule has 1 aromatic carbocycles. The molecule has 0 aromatic heterocycles. The number of amides is 2. The summed E-state index contributed by atoms with van der Waals surface area (Å²) < 4.78 is 0. The molecule has 2 aliphatic rings. The number of carbonyl (C=O) groups is 2. The zero-order chi connectivity index (χ0) is 19.2. The Kier molecular flexibility index (Phi) is 7.13. The molecule has 27 heavy (non-hydrogen) atoms. The van der Waals surface area contributed by atoms with Crippen molar-refractivity contribution in [1.82, 2.24) is 15.1 Å². The predicted molar refractivity (Wildman–Crippen MR) is 108 cm³/mol. The maximum atomic E-state index is 12.8. The summed E-state index contributed by atoms with van der Waals surface area (Å²) in [4.78, 5) is 29.3. The number of hydrogen-bond donors (Lipinski definition) is 1. The van der Waals surface area contributed by atoms with Crippen LogP contribution < -0.4 is 5.32 Å². The third kappa shape index (κ3) is 5.45. The van der Waals surface area contributed by atoms with Gasteiger partial charge in [-0.15, -0.1) is 0 Å². The van der Waals surface area contributed by atoms with Crippen LogP contribution in [-0.2, 0) is 4.79 Å². The first-order valence-electron chi connectivity index (χ1n) is 10.1. The van der Waals surface area contributed by atoms with Gasteiger partial charge in [0, 0.05) is 43.2 Å². The Morgan fingerprint density at radius 2 is 1.85 bits per heavy atom. The van der Waals surface area contributed by atoms with Crippen LogP contribution in [0.15, 0.2) is 24.3 Å². The molecule has 2 amide bonds. The number of piperidine rings is 1. The monoisotopic (exact) mass is 391 g/mol. The lowest BCUT2D eigenvalue weighted by Gasteiger charge is -2.30. The maximum Gasteiger partial charge on any atom is 0.253 e. The third-order valence-electron chi connectivity index (χ3n) is 5.89. The Balaban J connectivity index is 1.53. The van der Waals surface area contributed by atoms with Crippen LogP contribution in [0.4, 0.5) is 0 Å². The summed E-state index contributed by atoms with van der Waals surface area (Å²) in [7, 11) is 0. The zero-order valence-corrected chi connectivity index (χ0v) is 16.9. The zero-order valence-electron chi connectivity index (χ0n) is 16.1. The average molecular weight is 392 g/mol. The molecule has 1 N–H and O–H groups in total. The molecule has 2 aliphatic heterocycles. The van der Waals surface area contributed by atoms with Crippen LogP contribution in [0, 0.1) is 11.8 Å². The van der Waals surface area contributed by atoms with Gasteiger partial charge in [0.1, 0.15) is 0 Å². The molecule has 5 nitrogen and oxygen atoms in total. The third-order valence-corrected chi connectivity index (χ3v) is 6.13. The van der Waals surface area contributed by atoms with E-state index < -0.39 is 0 Å². The van der Waals surface area contributed by atoms with Crippen LogP contribution in [0.25, 0.3) is 0 Å². The number of nitrogens with one attached hydrogen (secondary N) is 1. The normalized spacial score (nSPS) is 20.2.